The molecular formula is C39H28N4O. The Kier molecular flexibility index (Phi) is 6.27. The first-order valence-corrected chi connectivity index (χ1v) is 14.6. The lowest BCUT2D eigenvalue weighted by molar-refractivity contribution is 0.416. The number of ether oxygens (including phenoxy) is 1. The zero-order valence-electron chi connectivity index (χ0n) is 24.1. The number of hydrogen-bond donors (Lipinski definition) is 2. The van der Waals surface area contributed by atoms with E-state index >= 15 is 0 Å². The summed E-state index contributed by atoms with van der Waals surface area (Å²) in [6, 6.07) is 39.5. The van der Waals surface area contributed by atoms with Crippen molar-refractivity contribution in [2.24, 2.45) is 0 Å². The number of rotatable bonds is 4. The van der Waals surface area contributed by atoms with Gasteiger partial charge in [0.1, 0.15) is 5.75 Å². The molecule has 0 spiro atoms. The summed E-state index contributed by atoms with van der Waals surface area (Å²) in [5.41, 5.74) is 13.6. The molecule has 0 aliphatic carbocycles. The quantitative estimate of drug-likeness (QED) is 0.222. The van der Waals surface area contributed by atoms with Gasteiger partial charge in [0, 0.05) is 44.3 Å². The SMILES string of the molecule is COc1ccccc1-c1c2nc(c(-c3ccccc3)c3ccc(cc4nc(c(-c5ccccc5)c5ccc1[nH]5)C=C4)[nH]3)C=C2. The van der Waals surface area contributed by atoms with Crippen molar-refractivity contribution >= 4 is 46.4 Å². The van der Waals surface area contributed by atoms with Crippen molar-refractivity contribution in [3.8, 4) is 39.1 Å². The zero-order chi connectivity index (χ0) is 29.5. The number of nitrogens with one attached hydrogen (secondary N) is 2. The predicted octanol–water partition coefficient (Wildman–Crippen LogP) is 9.67. The largest absolute Gasteiger partial charge is 0.496 e. The Hall–Kier alpha value is -5.94. The minimum atomic E-state index is 0.781. The lowest BCUT2D eigenvalue weighted by atomic mass is 10.0. The third-order valence-corrected chi connectivity index (χ3v) is 8.08. The Bertz CT molecular complexity index is 2220. The Morgan fingerprint density at radius 2 is 1.05 bits per heavy atom. The molecule has 5 nitrogen and oxygen atoms in total. The molecule has 210 valence electrons. The summed E-state index contributed by atoms with van der Waals surface area (Å²) in [7, 11) is 1.71. The van der Waals surface area contributed by atoms with Crippen LogP contribution in [0.2, 0.25) is 0 Å². The number of aromatic amines is 2. The van der Waals surface area contributed by atoms with Gasteiger partial charge in [-0.1, -0.05) is 78.9 Å². The minimum Gasteiger partial charge on any atom is -0.496 e. The summed E-state index contributed by atoms with van der Waals surface area (Å²) in [5.74, 6) is 0.781. The average molecular weight is 569 g/mol. The predicted molar refractivity (Wildman–Crippen MR) is 182 cm³/mol. The number of aromatic nitrogens is 4. The van der Waals surface area contributed by atoms with Crippen LogP contribution in [0.5, 0.6) is 5.75 Å². The normalized spacial score (nSPS) is 12.0. The van der Waals surface area contributed by atoms with Gasteiger partial charge >= 0.3 is 0 Å². The smallest absolute Gasteiger partial charge is 0.126 e. The molecule has 0 fully saturated rings. The fraction of sp³-hybridized carbons (Fsp3) is 0.0256. The van der Waals surface area contributed by atoms with E-state index in [4.69, 9.17) is 14.7 Å². The summed E-state index contributed by atoms with van der Waals surface area (Å²) >= 11 is 0. The number of hydrogen-bond acceptors (Lipinski definition) is 3. The van der Waals surface area contributed by atoms with Gasteiger partial charge in [0.25, 0.3) is 0 Å². The topological polar surface area (TPSA) is 66.6 Å². The number of fused-ring (bicyclic) bond motifs is 8. The molecule has 5 heterocycles. The first kappa shape index (κ1) is 25.7. The third-order valence-electron chi connectivity index (χ3n) is 8.08. The van der Waals surface area contributed by atoms with E-state index in [2.05, 4.69) is 119 Å². The minimum absolute atomic E-state index is 0.781. The Morgan fingerprint density at radius 1 is 0.500 bits per heavy atom. The summed E-state index contributed by atoms with van der Waals surface area (Å²) in [4.78, 5) is 17.8. The maximum atomic E-state index is 5.86. The van der Waals surface area contributed by atoms with Gasteiger partial charge in [-0.15, -0.1) is 0 Å². The third kappa shape index (κ3) is 4.52. The van der Waals surface area contributed by atoms with E-state index in [0.29, 0.717) is 0 Å². The average Bonchev–Trinajstić information content (AvgIpc) is 3.89. The first-order chi connectivity index (χ1) is 21.7. The van der Waals surface area contributed by atoms with E-state index in [1.807, 2.05) is 30.3 Å². The van der Waals surface area contributed by atoms with Crippen LogP contribution >= 0.6 is 0 Å². The molecule has 2 aliphatic heterocycles. The van der Waals surface area contributed by atoms with Gasteiger partial charge in [0.15, 0.2) is 0 Å². The van der Waals surface area contributed by atoms with E-state index < -0.39 is 0 Å². The molecule has 8 bridgehead atoms. The van der Waals surface area contributed by atoms with Crippen LogP contribution in [0.15, 0.2) is 115 Å². The molecule has 5 heteroatoms. The van der Waals surface area contributed by atoms with Crippen LogP contribution in [-0.4, -0.2) is 27.0 Å². The van der Waals surface area contributed by atoms with Crippen LogP contribution in [0.1, 0.15) is 22.8 Å². The molecule has 0 atom stereocenters. The molecule has 2 N–H and O–H groups in total. The van der Waals surface area contributed by atoms with Gasteiger partial charge < -0.3 is 14.7 Å². The van der Waals surface area contributed by atoms with Gasteiger partial charge in [-0.25, -0.2) is 9.97 Å². The van der Waals surface area contributed by atoms with Crippen LogP contribution in [0.4, 0.5) is 0 Å². The van der Waals surface area contributed by atoms with Crippen molar-refractivity contribution in [2.75, 3.05) is 7.11 Å². The summed E-state index contributed by atoms with van der Waals surface area (Å²) in [5, 5.41) is 0. The molecule has 2 aliphatic rings. The Morgan fingerprint density at radius 3 is 1.75 bits per heavy atom. The second-order valence-electron chi connectivity index (χ2n) is 10.8. The van der Waals surface area contributed by atoms with Gasteiger partial charge in [0.2, 0.25) is 0 Å². The van der Waals surface area contributed by atoms with Gasteiger partial charge in [-0.05, 0) is 71.8 Å². The van der Waals surface area contributed by atoms with Gasteiger partial charge in [0.05, 0.1) is 29.9 Å². The maximum Gasteiger partial charge on any atom is 0.126 e. The van der Waals surface area contributed by atoms with Crippen molar-refractivity contribution < 1.29 is 4.74 Å². The fourth-order valence-electron chi connectivity index (χ4n) is 6.09. The van der Waals surface area contributed by atoms with Crippen LogP contribution in [0.3, 0.4) is 0 Å². The highest BCUT2D eigenvalue weighted by atomic mass is 16.5. The highest BCUT2D eigenvalue weighted by Gasteiger charge is 2.18. The second kappa shape index (κ2) is 10.7. The number of benzene rings is 3. The van der Waals surface area contributed by atoms with Crippen LogP contribution in [0.25, 0.3) is 79.8 Å². The summed E-state index contributed by atoms with van der Waals surface area (Å²) in [6.07, 6.45) is 8.36. The van der Waals surface area contributed by atoms with Crippen molar-refractivity contribution in [3.63, 3.8) is 0 Å². The molecule has 3 aromatic heterocycles. The van der Waals surface area contributed by atoms with E-state index in [-0.39, 0.29) is 0 Å². The molecule has 6 aromatic rings. The lowest BCUT2D eigenvalue weighted by Gasteiger charge is -2.10. The maximum absolute atomic E-state index is 5.86. The van der Waals surface area contributed by atoms with E-state index in [1.54, 1.807) is 7.11 Å². The Labute approximate surface area is 254 Å². The van der Waals surface area contributed by atoms with E-state index in [9.17, 15) is 0 Å². The van der Waals surface area contributed by atoms with Crippen molar-refractivity contribution in [1.82, 2.24) is 19.9 Å². The Balaban J connectivity index is 1.56. The van der Waals surface area contributed by atoms with Crippen LogP contribution in [0, 0.1) is 0 Å². The second-order valence-corrected chi connectivity index (χ2v) is 10.8. The molecule has 0 saturated heterocycles. The standard InChI is InChI=1S/C39H28N4O/c1-44-36-15-9-8-14-29(36)39-34-22-20-32(42-34)37(25-10-4-2-5-11-25)30-18-16-27(40-30)24-28-17-19-31(41-28)38(26-12-6-3-7-13-26)33-21-23-35(39)43-33/h2-24,40,43H,1H3. The van der Waals surface area contributed by atoms with Gasteiger partial charge in [-0.2, -0.15) is 0 Å². The molecule has 0 saturated carbocycles. The summed E-state index contributed by atoms with van der Waals surface area (Å²) in [6.45, 7) is 0. The van der Waals surface area contributed by atoms with Crippen LogP contribution in [-0.2, 0) is 0 Å². The molecule has 0 unspecified atom stereocenters. The molecule has 0 radical (unpaired) electrons. The van der Waals surface area contributed by atoms with E-state index in [1.165, 1.54) is 0 Å². The van der Waals surface area contributed by atoms with E-state index in [0.717, 1.165) is 84.0 Å². The van der Waals surface area contributed by atoms with Crippen LogP contribution < -0.4 is 4.74 Å². The number of H-pyrrole nitrogens is 2. The number of methoxy groups -OCH3 is 1. The van der Waals surface area contributed by atoms with Gasteiger partial charge in [-0.3, -0.25) is 0 Å². The fourth-order valence-corrected chi connectivity index (χ4v) is 6.09. The highest BCUT2D eigenvalue weighted by molar-refractivity contribution is 5.98. The number of para-hydroxylation sites is 1. The molecule has 8 rings (SSSR count). The monoisotopic (exact) mass is 568 g/mol. The molecule has 44 heavy (non-hydrogen) atoms. The number of nitrogens with zero attached hydrogens (tertiary/aromatic N) is 2. The van der Waals surface area contributed by atoms with Crippen molar-refractivity contribution in [2.45, 2.75) is 0 Å². The highest BCUT2D eigenvalue weighted by Crippen LogP contribution is 2.38. The molecular weight excluding hydrogens is 540 g/mol. The lowest BCUT2D eigenvalue weighted by Crippen LogP contribution is -1.91. The zero-order valence-corrected chi connectivity index (χ0v) is 24.1. The van der Waals surface area contributed by atoms with Crippen molar-refractivity contribution in [1.29, 1.82) is 0 Å². The molecule has 0 amide bonds. The summed E-state index contributed by atoms with van der Waals surface area (Å²) < 4.78 is 5.86. The first-order valence-electron chi connectivity index (χ1n) is 14.6. The molecule has 3 aromatic carbocycles. The van der Waals surface area contributed by atoms with Crippen molar-refractivity contribution in [3.05, 3.63) is 138 Å².